The van der Waals surface area contributed by atoms with Gasteiger partial charge in [0.05, 0.1) is 5.39 Å². The molecule has 27 heavy (non-hydrogen) atoms. The Bertz CT molecular complexity index is 965. The summed E-state index contributed by atoms with van der Waals surface area (Å²) in [6, 6.07) is 6.52. The van der Waals surface area contributed by atoms with Crippen LogP contribution in [-0.2, 0) is 4.79 Å². The van der Waals surface area contributed by atoms with Crippen molar-refractivity contribution < 1.29 is 9.90 Å². The number of hydrogen-bond acceptors (Lipinski definition) is 5. The number of aryl methyl sites for hydroxylation is 3. The van der Waals surface area contributed by atoms with E-state index in [1.807, 2.05) is 6.92 Å². The summed E-state index contributed by atoms with van der Waals surface area (Å²) in [7, 11) is 0. The molecule has 0 unspecified atom stereocenters. The summed E-state index contributed by atoms with van der Waals surface area (Å²) in [5.74, 6) is 0.891. The summed E-state index contributed by atoms with van der Waals surface area (Å²) in [5.41, 5.74) is 4.89. The summed E-state index contributed by atoms with van der Waals surface area (Å²) in [5, 5.41) is 15.4. The molecule has 0 spiro atoms. The van der Waals surface area contributed by atoms with Crippen molar-refractivity contribution in [2.24, 2.45) is 0 Å². The molecule has 3 aromatic rings. The highest BCUT2D eigenvalue weighted by Gasteiger charge is 2.14. The highest BCUT2D eigenvalue weighted by molar-refractivity contribution is 7.17. The first kappa shape index (κ1) is 19.3. The molecule has 0 atom stereocenters. The number of aliphatic carboxylic acids is 1. The Labute approximate surface area is 163 Å². The van der Waals surface area contributed by atoms with Crippen LogP contribution < -0.4 is 5.32 Å². The number of fused-ring (bicyclic) bond motifs is 1. The minimum atomic E-state index is -0.729. The average Bonchev–Trinajstić information content (AvgIpc) is 3.03. The van der Waals surface area contributed by atoms with E-state index >= 15 is 0 Å². The molecule has 0 aliphatic carbocycles. The fourth-order valence-electron chi connectivity index (χ4n) is 3.08. The molecule has 2 aromatic heterocycles. The van der Waals surface area contributed by atoms with Crippen molar-refractivity contribution in [2.45, 2.75) is 46.5 Å². The molecule has 2 N–H and O–H groups in total. The van der Waals surface area contributed by atoms with Crippen LogP contribution in [0.5, 0.6) is 0 Å². The molecule has 6 heteroatoms. The fraction of sp³-hybridized carbons (Fsp3) is 0.381. The van der Waals surface area contributed by atoms with E-state index in [9.17, 15) is 4.79 Å². The van der Waals surface area contributed by atoms with E-state index in [1.54, 1.807) is 11.3 Å². The van der Waals surface area contributed by atoms with Crippen molar-refractivity contribution in [3.63, 3.8) is 0 Å². The van der Waals surface area contributed by atoms with Crippen LogP contribution >= 0.6 is 11.3 Å². The number of nitrogens with one attached hydrogen (secondary N) is 1. The van der Waals surface area contributed by atoms with E-state index in [4.69, 9.17) is 5.11 Å². The minimum Gasteiger partial charge on any atom is -0.481 e. The predicted molar refractivity (Wildman–Crippen MR) is 112 cm³/mol. The van der Waals surface area contributed by atoms with E-state index in [0.29, 0.717) is 6.42 Å². The van der Waals surface area contributed by atoms with Crippen LogP contribution in [0.25, 0.3) is 21.3 Å². The monoisotopic (exact) mass is 383 g/mol. The lowest BCUT2D eigenvalue weighted by atomic mass is 10.0. The third-order valence-electron chi connectivity index (χ3n) is 4.72. The van der Waals surface area contributed by atoms with Gasteiger partial charge in [-0.2, -0.15) is 0 Å². The first-order valence-electron chi connectivity index (χ1n) is 9.25. The minimum absolute atomic E-state index is 0.234. The second kappa shape index (κ2) is 8.48. The molecule has 1 aromatic carbocycles. The van der Waals surface area contributed by atoms with Crippen LogP contribution in [0, 0.1) is 20.8 Å². The SMILES string of the molecule is Cc1nc(NCCCCCC(=O)O)c2c(-c3ccc(C)c(C)c3)csc2n1. The van der Waals surface area contributed by atoms with Crippen LogP contribution in [0.1, 0.15) is 42.6 Å². The maximum Gasteiger partial charge on any atom is 0.303 e. The summed E-state index contributed by atoms with van der Waals surface area (Å²) in [6.45, 7) is 6.93. The number of aromatic nitrogens is 2. The molecule has 0 aliphatic heterocycles. The summed E-state index contributed by atoms with van der Waals surface area (Å²) >= 11 is 1.64. The molecule has 142 valence electrons. The number of unbranched alkanes of at least 4 members (excludes halogenated alkanes) is 2. The first-order chi connectivity index (χ1) is 13.0. The number of carboxylic acids is 1. The van der Waals surface area contributed by atoms with Crippen molar-refractivity contribution in [1.82, 2.24) is 9.97 Å². The molecule has 5 nitrogen and oxygen atoms in total. The number of carbonyl (C=O) groups is 1. The van der Waals surface area contributed by atoms with Crippen LogP contribution in [0.4, 0.5) is 5.82 Å². The van der Waals surface area contributed by atoms with Gasteiger partial charge in [0, 0.05) is 23.9 Å². The summed E-state index contributed by atoms with van der Waals surface area (Å²) in [6.07, 6.45) is 2.75. The lowest BCUT2D eigenvalue weighted by molar-refractivity contribution is -0.137. The lowest BCUT2D eigenvalue weighted by Crippen LogP contribution is -2.06. The van der Waals surface area contributed by atoms with Crippen LogP contribution in [0.2, 0.25) is 0 Å². The van der Waals surface area contributed by atoms with E-state index in [0.717, 1.165) is 46.8 Å². The maximum absolute atomic E-state index is 10.6. The van der Waals surface area contributed by atoms with Crippen LogP contribution in [0.15, 0.2) is 23.6 Å². The molecule has 0 bridgehead atoms. The lowest BCUT2D eigenvalue weighted by Gasteiger charge is -2.10. The normalized spacial score (nSPS) is 11.1. The molecule has 0 saturated heterocycles. The Morgan fingerprint density at radius 1 is 1.11 bits per heavy atom. The van der Waals surface area contributed by atoms with Gasteiger partial charge in [-0.05, 0) is 50.3 Å². The second-order valence-corrected chi connectivity index (χ2v) is 7.74. The number of thiophene rings is 1. The van der Waals surface area contributed by atoms with Crippen molar-refractivity contribution in [1.29, 1.82) is 0 Å². The average molecular weight is 384 g/mol. The van der Waals surface area contributed by atoms with Crippen molar-refractivity contribution in [3.05, 3.63) is 40.5 Å². The van der Waals surface area contributed by atoms with Crippen LogP contribution in [-0.4, -0.2) is 27.6 Å². The number of anilines is 1. The molecule has 0 saturated carbocycles. The fourth-order valence-corrected chi connectivity index (χ4v) is 4.08. The Balaban J connectivity index is 1.83. The van der Waals surface area contributed by atoms with E-state index < -0.39 is 5.97 Å². The molecular formula is C21H25N3O2S. The highest BCUT2D eigenvalue weighted by Crippen LogP contribution is 2.37. The van der Waals surface area contributed by atoms with Gasteiger partial charge in [0.25, 0.3) is 0 Å². The smallest absolute Gasteiger partial charge is 0.303 e. The third-order valence-corrected chi connectivity index (χ3v) is 5.60. The standard InChI is InChI=1S/C21H25N3O2S/c1-13-8-9-16(11-14(13)2)17-12-27-21-19(17)20(23-15(3)24-21)22-10-6-4-5-7-18(25)26/h8-9,11-12H,4-7,10H2,1-3H3,(H,25,26)(H,22,23,24). The molecule has 0 fully saturated rings. The number of nitrogens with zero attached hydrogens (tertiary/aromatic N) is 2. The highest BCUT2D eigenvalue weighted by atomic mass is 32.1. The largest absolute Gasteiger partial charge is 0.481 e. The summed E-state index contributed by atoms with van der Waals surface area (Å²) < 4.78 is 0. The second-order valence-electron chi connectivity index (χ2n) is 6.88. The zero-order valence-corrected chi connectivity index (χ0v) is 16.8. The Morgan fingerprint density at radius 3 is 2.67 bits per heavy atom. The Morgan fingerprint density at radius 2 is 1.93 bits per heavy atom. The molecule has 3 rings (SSSR count). The molecule has 0 radical (unpaired) electrons. The first-order valence-corrected chi connectivity index (χ1v) is 10.1. The van der Waals surface area contributed by atoms with E-state index in [-0.39, 0.29) is 6.42 Å². The van der Waals surface area contributed by atoms with Gasteiger partial charge in [0.1, 0.15) is 16.5 Å². The number of hydrogen-bond donors (Lipinski definition) is 2. The zero-order chi connectivity index (χ0) is 19.4. The molecule has 2 heterocycles. The van der Waals surface area contributed by atoms with Gasteiger partial charge < -0.3 is 10.4 Å². The van der Waals surface area contributed by atoms with Crippen LogP contribution in [0.3, 0.4) is 0 Å². The zero-order valence-electron chi connectivity index (χ0n) is 16.0. The quantitative estimate of drug-likeness (QED) is 0.514. The Kier molecular flexibility index (Phi) is 6.06. The predicted octanol–water partition coefficient (Wildman–Crippen LogP) is 5.34. The maximum atomic E-state index is 10.6. The van der Waals surface area contributed by atoms with Gasteiger partial charge in [-0.3, -0.25) is 4.79 Å². The Hall–Kier alpha value is -2.47. The summed E-state index contributed by atoms with van der Waals surface area (Å²) in [4.78, 5) is 20.8. The van der Waals surface area contributed by atoms with Gasteiger partial charge >= 0.3 is 5.97 Å². The van der Waals surface area contributed by atoms with Gasteiger partial charge in [0.2, 0.25) is 0 Å². The number of benzene rings is 1. The van der Waals surface area contributed by atoms with Gasteiger partial charge in [-0.1, -0.05) is 24.6 Å². The van der Waals surface area contributed by atoms with E-state index in [2.05, 4.69) is 52.7 Å². The van der Waals surface area contributed by atoms with Crippen molar-refractivity contribution >= 4 is 33.3 Å². The number of carboxylic acid groups (broad SMARTS) is 1. The van der Waals surface area contributed by atoms with Gasteiger partial charge in [-0.15, -0.1) is 11.3 Å². The topological polar surface area (TPSA) is 75.1 Å². The molecular weight excluding hydrogens is 358 g/mol. The third kappa shape index (κ3) is 4.63. The van der Waals surface area contributed by atoms with Crippen molar-refractivity contribution in [3.8, 4) is 11.1 Å². The van der Waals surface area contributed by atoms with Gasteiger partial charge in [-0.25, -0.2) is 9.97 Å². The molecule has 0 aliphatic rings. The van der Waals surface area contributed by atoms with E-state index in [1.165, 1.54) is 16.7 Å². The number of rotatable bonds is 8. The molecule has 0 amide bonds. The van der Waals surface area contributed by atoms with Gasteiger partial charge in [0.15, 0.2) is 0 Å². The van der Waals surface area contributed by atoms with Crippen molar-refractivity contribution in [2.75, 3.05) is 11.9 Å².